The SMILES string of the molecule is CC.CCC.c1cc2ccc3cccc4ccc(c1)c2c34. The second kappa shape index (κ2) is 7.08. The van der Waals surface area contributed by atoms with Crippen LogP contribution in [0.15, 0.2) is 60.7 Å². The van der Waals surface area contributed by atoms with E-state index in [4.69, 9.17) is 0 Å². The average Bonchev–Trinajstić information content (AvgIpc) is 2.55. The third kappa shape index (κ3) is 2.85. The molecule has 0 amide bonds. The van der Waals surface area contributed by atoms with E-state index in [1.165, 1.54) is 38.7 Å². The van der Waals surface area contributed by atoms with E-state index in [-0.39, 0.29) is 0 Å². The Balaban J connectivity index is 0.000000291. The van der Waals surface area contributed by atoms with Crippen LogP contribution < -0.4 is 0 Å². The average molecular weight is 276 g/mol. The van der Waals surface area contributed by atoms with Crippen LogP contribution in [0.25, 0.3) is 32.3 Å². The molecule has 0 atom stereocenters. The molecule has 0 aromatic heterocycles. The molecule has 0 nitrogen and oxygen atoms in total. The van der Waals surface area contributed by atoms with Crippen molar-refractivity contribution in [1.82, 2.24) is 0 Å². The molecule has 0 bridgehead atoms. The lowest BCUT2D eigenvalue weighted by atomic mass is 9.95. The van der Waals surface area contributed by atoms with Crippen molar-refractivity contribution in [2.75, 3.05) is 0 Å². The van der Waals surface area contributed by atoms with Gasteiger partial charge in [0.25, 0.3) is 0 Å². The Labute approximate surface area is 127 Å². The Morgan fingerprint density at radius 1 is 0.524 bits per heavy atom. The van der Waals surface area contributed by atoms with Crippen molar-refractivity contribution in [2.45, 2.75) is 34.1 Å². The third-order valence-electron chi connectivity index (χ3n) is 3.39. The quantitative estimate of drug-likeness (QED) is 0.302. The maximum atomic E-state index is 2.21. The number of hydrogen-bond acceptors (Lipinski definition) is 0. The summed E-state index contributed by atoms with van der Waals surface area (Å²) in [6.07, 6.45) is 1.25. The molecule has 4 aromatic carbocycles. The van der Waals surface area contributed by atoms with Crippen LogP contribution in [0.5, 0.6) is 0 Å². The van der Waals surface area contributed by atoms with E-state index in [9.17, 15) is 0 Å². The van der Waals surface area contributed by atoms with Crippen molar-refractivity contribution in [1.29, 1.82) is 0 Å². The van der Waals surface area contributed by atoms with Gasteiger partial charge in [0.1, 0.15) is 0 Å². The second-order valence-electron chi connectivity index (χ2n) is 5.00. The molecular weight excluding hydrogens is 252 g/mol. The molecule has 0 aliphatic rings. The summed E-state index contributed by atoms with van der Waals surface area (Å²) in [5.74, 6) is 0. The first-order chi connectivity index (χ1) is 10.3. The van der Waals surface area contributed by atoms with Crippen LogP contribution in [0.2, 0.25) is 0 Å². The van der Waals surface area contributed by atoms with Crippen molar-refractivity contribution >= 4 is 32.3 Å². The molecule has 4 aromatic rings. The van der Waals surface area contributed by atoms with Crippen LogP contribution in [0.4, 0.5) is 0 Å². The number of hydrogen-bond donors (Lipinski definition) is 0. The maximum Gasteiger partial charge on any atom is -0.00268 e. The largest absolute Gasteiger partial charge is 0.0683 e. The van der Waals surface area contributed by atoms with Gasteiger partial charge in [-0.2, -0.15) is 0 Å². The molecule has 0 radical (unpaired) electrons. The van der Waals surface area contributed by atoms with Crippen LogP contribution in [0.3, 0.4) is 0 Å². The van der Waals surface area contributed by atoms with Crippen LogP contribution >= 0.6 is 0 Å². The molecule has 0 saturated heterocycles. The predicted molar refractivity (Wildman–Crippen MR) is 97.5 cm³/mol. The first-order valence-electron chi connectivity index (χ1n) is 7.97. The monoisotopic (exact) mass is 276 g/mol. The van der Waals surface area contributed by atoms with Gasteiger partial charge in [0, 0.05) is 0 Å². The fraction of sp³-hybridized carbons (Fsp3) is 0.238. The highest BCUT2D eigenvalue weighted by Crippen LogP contribution is 2.33. The number of rotatable bonds is 0. The summed E-state index contributed by atoms with van der Waals surface area (Å²) in [5, 5.41) is 8.14. The van der Waals surface area contributed by atoms with Gasteiger partial charge in [0.05, 0.1) is 0 Å². The first kappa shape index (κ1) is 15.3. The Bertz CT molecular complexity index is 682. The van der Waals surface area contributed by atoms with E-state index in [0.717, 1.165) is 0 Å². The molecule has 0 aliphatic carbocycles. The summed E-state index contributed by atoms with van der Waals surface area (Å²) in [7, 11) is 0. The summed E-state index contributed by atoms with van der Waals surface area (Å²) < 4.78 is 0. The highest BCUT2D eigenvalue weighted by molar-refractivity contribution is 6.22. The Kier molecular flexibility index (Phi) is 5.16. The zero-order valence-electron chi connectivity index (χ0n) is 13.5. The zero-order chi connectivity index (χ0) is 15.2. The molecule has 0 spiro atoms. The van der Waals surface area contributed by atoms with Gasteiger partial charge in [-0.05, 0) is 32.3 Å². The predicted octanol–water partition coefficient (Wildman–Crippen LogP) is 7.03. The van der Waals surface area contributed by atoms with Gasteiger partial charge >= 0.3 is 0 Å². The molecule has 0 N–H and O–H groups in total. The van der Waals surface area contributed by atoms with E-state index < -0.39 is 0 Å². The van der Waals surface area contributed by atoms with Gasteiger partial charge in [0.2, 0.25) is 0 Å². The molecule has 0 aliphatic heterocycles. The van der Waals surface area contributed by atoms with Gasteiger partial charge in [-0.15, -0.1) is 0 Å². The summed E-state index contributed by atoms with van der Waals surface area (Å²) in [5.41, 5.74) is 0. The minimum absolute atomic E-state index is 1.25. The lowest BCUT2D eigenvalue weighted by Gasteiger charge is -2.09. The molecule has 4 rings (SSSR count). The molecule has 0 heterocycles. The normalized spacial score (nSPS) is 10.1. The molecule has 0 fully saturated rings. The van der Waals surface area contributed by atoms with Crippen molar-refractivity contribution in [3.63, 3.8) is 0 Å². The minimum atomic E-state index is 1.25. The molecule has 108 valence electrons. The van der Waals surface area contributed by atoms with E-state index >= 15 is 0 Å². The minimum Gasteiger partial charge on any atom is -0.0683 e. The van der Waals surface area contributed by atoms with Gasteiger partial charge in [-0.3, -0.25) is 0 Å². The summed E-state index contributed by atoms with van der Waals surface area (Å²) in [4.78, 5) is 0. The highest BCUT2D eigenvalue weighted by Gasteiger charge is 2.05. The standard InChI is InChI=1S/C16H10.C3H8.C2H6/c1-3-11-7-9-13-5-2-6-14-10-8-12(4-1)15(11)16(13)14;1-3-2;1-2/h1-10H;3H2,1-2H3;1-2H3. The van der Waals surface area contributed by atoms with E-state index in [2.05, 4.69) is 74.5 Å². The molecular formula is C21H24. The van der Waals surface area contributed by atoms with E-state index in [1.807, 2.05) is 13.8 Å². The smallest absolute Gasteiger partial charge is 0.00268 e. The van der Waals surface area contributed by atoms with Gasteiger partial charge < -0.3 is 0 Å². The molecule has 0 heteroatoms. The van der Waals surface area contributed by atoms with Gasteiger partial charge in [-0.25, -0.2) is 0 Å². The summed E-state index contributed by atoms with van der Waals surface area (Å²) in [6, 6.07) is 21.9. The Hall–Kier alpha value is -2.08. The van der Waals surface area contributed by atoms with Crippen molar-refractivity contribution < 1.29 is 0 Å². The molecule has 0 saturated carbocycles. The van der Waals surface area contributed by atoms with Gasteiger partial charge in [-0.1, -0.05) is 94.8 Å². The number of benzene rings is 4. The topological polar surface area (TPSA) is 0 Å². The maximum absolute atomic E-state index is 2.21. The fourth-order valence-electron chi connectivity index (χ4n) is 2.67. The Morgan fingerprint density at radius 2 is 0.762 bits per heavy atom. The van der Waals surface area contributed by atoms with Crippen molar-refractivity contribution in [3.05, 3.63) is 60.7 Å². The van der Waals surface area contributed by atoms with Crippen LogP contribution in [0, 0.1) is 0 Å². The lowest BCUT2D eigenvalue weighted by Crippen LogP contribution is -1.82. The highest BCUT2D eigenvalue weighted by atomic mass is 14.1. The van der Waals surface area contributed by atoms with Gasteiger partial charge in [0.15, 0.2) is 0 Å². The second-order valence-corrected chi connectivity index (χ2v) is 5.00. The van der Waals surface area contributed by atoms with Crippen LogP contribution in [0.1, 0.15) is 34.1 Å². The summed E-state index contributed by atoms with van der Waals surface area (Å²) >= 11 is 0. The van der Waals surface area contributed by atoms with E-state index in [1.54, 1.807) is 0 Å². The van der Waals surface area contributed by atoms with Crippen LogP contribution in [-0.2, 0) is 0 Å². The van der Waals surface area contributed by atoms with E-state index in [0.29, 0.717) is 0 Å². The van der Waals surface area contributed by atoms with Crippen molar-refractivity contribution in [3.8, 4) is 0 Å². The van der Waals surface area contributed by atoms with Crippen LogP contribution in [-0.4, -0.2) is 0 Å². The summed E-state index contributed by atoms with van der Waals surface area (Å²) in [6.45, 7) is 8.25. The fourth-order valence-corrected chi connectivity index (χ4v) is 2.67. The zero-order valence-corrected chi connectivity index (χ0v) is 13.5. The molecule has 21 heavy (non-hydrogen) atoms. The van der Waals surface area contributed by atoms with Crippen molar-refractivity contribution in [2.24, 2.45) is 0 Å². The lowest BCUT2D eigenvalue weighted by molar-refractivity contribution is 1.09. The first-order valence-corrected chi connectivity index (χ1v) is 7.97. The third-order valence-corrected chi connectivity index (χ3v) is 3.39. The Morgan fingerprint density at radius 3 is 1.00 bits per heavy atom. The molecule has 0 unspecified atom stereocenters.